The Bertz CT molecular complexity index is 980. The molecule has 3 rings (SSSR count). The highest BCUT2D eigenvalue weighted by Crippen LogP contribution is 2.34. The van der Waals surface area contributed by atoms with Crippen LogP contribution in [-0.4, -0.2) is 65.5 Å². The third-order valence-corrected chi connectivity index (χ3v) is 5.73. The van der Waals surface area contributed by atoms with Gasteiger partial charge < -0.3 is 24.0 Å². The first-order chi connectivity index (χ1) is 14.9. The number of pyridine rings is 1. The van der Waals surface area contributed by atoms with E-state index in [4.69, 9.17) is 9.47 Å². The topological polar surface area (TPSA) is 84.2 Å². The average molecular weight is 430 g/mol. The van der Waals surface area contributed by atoms with Crippen molar-refractivity contribution in [2.75, 3.05) is 39.9 Å². The van der Waals surface area contributed by atoms with Crippen molar-refractivity contribution in [3.05, 3.63) is 57.5 Å². The molecule has 1 N–H and O–H groups in total. The van der Waals surface area contributed by atoms with Crippen molar-refractivity contribution in [3.8, 4) is 11.5 Å². The fraction of sp³-hybridized carbons (Fsp3) is 0.478. The van der Waals surface area contributed by atoms with Crippen LogP contribution in [0.5, 0.6) is 11.5 Å². The van der Waals surface area contributed by atoms with Crippen LogP contribution in [0, 0.1) is 6.92 Å². The number of rotatable bonds is 6. The van der Waals surface area contributed by atoms with Gasteiger partial charge in [0.05, 0.1) is 25.3 Å². The molecule has 1 atom stereocenters. The van der Waals surface area contributed by atoms with E-state index in [0.717, 1.165) is 5.56 Å². The fourth-order valence-electron chi connectivity index (χ4n) is 4.17. The summed E-state index contributed by atoms with van der Waals surface area (Å²) in [4.78, 5) is 29.3. The zero-order chi connectivity index (χ0) is 22.5. The smallest absolute Gasteiger partial charge is 0.409 e. The summed E-state index contributed by atoms with van der Waals surface area (Å²) in [6, 6.07) is 8.71. The Morgan fingerprint density at radius 2 is 1.87 bits per heavy atom. The molecule has 1 aliphatic rings. The molecule has 31 heavy (non-hydrogen) atoms. The van der Waals surface area contributed by atoms with E-state index >= 15 is 0 Å². The standard InChI is InChI=1S/C23H31N3O5/c1-5-26-16(3)14-19(27)20(22(26)28)21(17-8-7-9-18(15-17)30-4)24-10-12-25(13-11-24)23(29)31-6-2/h7-9,14-15,21,27H,5-6,10-13H2,1-4H3/t21-/m0/s1. The number of aromatic nitrogens is 1. The minimum atomic E-state index is -0.467. The first-order valence-corrected chi connectivity index (χ1v) is 10.6. The maximum Gasteiger partial charge on any atom is 0.409 e. The molecular weight excluding hydrogens is 398 g/mol. The van der Waals surface area contributed by atoms with Crippen LogP contribution in [0.1, 0.15) is 36.7 Å². The molecule has 1 amide bonds. The van der Waals surface area contributed by atoms with E-state index < -0.39 is 6.04 Å². The number of nitrogens with zero attached hydrogens (tertiary/aromatic N) is 3. The highest BCUT2D eigenvalue weighted by molar-refractivity contribution is 5.67. The number of benzene rings is 1. The van der Waals surface area contributed by atoms with Crippen molar-refractivity contribution in [1.82, 2.24) is 14.4 Å². The molecule has 1 saturated heterocycles. The second-order valence-corrected chi connectivity index (χ2v) is 7.54. The van der Waals surface area contributed by atoms with Crippen LogP contribution < -0.4 is 10.3 Å². The number of aromatic hydroxyl groups is 1. The molecule has 1 fully saturated rings. The van der Waals surface area contributed by atoms with Crippen molar-refractivity contribution in [2.45, 2.75) is 33.4 Å². The lowest BCUT2D eigenvalue weighted by molar-refractivity contribution is 0.0709. The number of amides is 1. The highest BCUT2D eigenvalue weighted by Gasteiger charge is 2.32. The third kappa shape index (κ3) is 4.69. The van der Waals surface area contributed by atoms with Gasteiger partial charge in [0.15, 0.2) is 0 Å². The maximum absolute atomic E-state index is 13.4. The first-order valence-electron chi connectivity index (χ1n) is 10.6. The minimum absolute atomic E-state index is 0.0205. The third-order valence-electron chi connectivity index (χ3n) is 5.73. The van der Waals surface area contributed by atoms with Crippen molar-refractivity contribution >= 4 is 6.09 Å². The van der Waals surface area contributed by atoms with Gasteiger partial charge in [-0.25, -0.2) is 4.79 Å². The summed E-state index contributed by atoms with van der Waals surface area (Å²) in [7, 11) is 1.60. The summed E-state index contributed by atoms with van der Waals surface area (Å²) in [5, 5.41) is 10.8. The van der Waals surface area contributed by atoms with E-state index in [9.17, 15) is 14.7 Å². The Kier molecular flexibility index (Phi) is 7.22. The van der Waals surface area contributed by atoms with Gasteiger partial charge in [-0.05, 0) is 44.5 Å². The molecule has 8 nitrogen and oxygen atoms in total. The lowest BCUT2D eigenvalue weighted by Gasteiger charge is -2.39. The van der Waals surface area contributed by atoms with Gasteiger partial charge in [-0.1, -0.05) is 12.1 Å². The van der Waals surface area contributed by atoms with Crippen LogP contribution in [0.25, 0.3) is 0 Å². The van der Waals surface area contributed by atoms with Crippen molar-refractivity contribution in [1.29, 1.82) is 0 Å². The molecule has 0 aliphatic carbocycles. The van der Waals surface area contributed by atoms with Gasteiger partial charge in [-0.15, -0.1) is 0 Å². The van der Waals surface area contributed by atoms with Crippen molar-refractivity contribution in [3.63, 3.8) is 0 Å². The van der Waals surface area contributed by atoms with Gasteiger partial charge in [0.2, 0.25) is 0 Å². The lowest BCUT2D eigenvalue weighted by Crippen LogP contribution is -2.50. The number of ether oxygens (including phenoxy) is 2. The van der Waals surface area contributed by atoms with E-state index in [1.807, 2.05) is 38.1 Å². The molecule has 1 aliphatic heterocycles. The highest BCUT2D eigenvalue weighted by atomic mass is 16.6. The van der Waals surface area contributed by atoms with Crippen molar-refractivity contribution < 1.29 is 19.4 Å². The molecule has 1 aromatic heterocycles. The van der Waals surface area contributed by atoms with Crippen LogP contribution >= 0.6 is 0 Å². The van der Waals surface area contributed by atoms with E-state index in [0.29, 0.717) is 56.3 Å². The molecule has 1 aromatic carbocycles. The largest absolute Gasteiger partial charge is 0.507 e. The molecule has 0 saturated carbocycles. The predicted octanol–water partition coefficient (Wildman–Crippen LogP) is 2.75. The molecular formula is C23H31N3O5. The molecule has 0 unspecified atom stereocenters. The molecule has 0 bridgehead atoms. The summed E-state index contributed by atoms with van der Waals surface area (Å²) < 4.78 is 12.2. The SMILES string of the molecule is CCOC(=O)N1CCN([C@@H](c2cccc(OC)c2)c2c(O)cc(C)n(CC)c2=O)CC1. The first kappa shape index (κ1) is 22.7. The minimum Gasteiger partial charge on any atom is -0.507 e. The van der Waals surface area contributed by atoms with Crippen LogP contribution in [0.2, 0.25) is 0 Å². The lowest BCUT2D eigenvalue weighted by atomic mass is 9.95. The Labute approximate surface area is 182 Å². The predicted molar refractivity (Wildman–Crippen MR) is 118 cm³/mol. The number of piperazine rings is 1. The Morgan fingerprint density at radius 1 is 1.16 bits per heavy atom. The molecule has 8 heteroatoms. The Morgan fingerprint density at radius 3 is 2.48 bits per heavy atom. The summed E-state index contributed by atoms with van der Waals surface area (Å²) >= 11 is 0. The van der Waals surface area contributed by atoms with E-state index in [2.05, 4.69) is 4.90 Å². The normalized spacial score (nSPS) is 15.5. The molecule has 0 spiro atoms. The summed E-state index contributed by atoms with van der Waals surface area (Å²) in [5.41, 5.74) is 1.69. The quantitative estimate of drug-likeness (QED) is 0.760. The zero-order valence-electron chi connectivity index (χ0n) is 18.6. The number of carbonyl (C=O) groups is 1. The van der Waals surface area contributed by atoms with Gasteiger partial charge in [0.25, 0.3) is 5.56 Å². The van der Waals surface area contributed by atoms with Crippen molar-refractivity contribution in [2.24, 2.45) is 0 Å². The Balaban J connectivity index is 2.04. The van der Waals surface area contributed by atoms with E-state index in [1.54, 1.807) is 29.6 Å². The molecule has 168 valence electrons. The van der Waals surface area contributed by atoms with Gasteiger partial charge in [-0.2, -0.15) is 0 Å². The maximum atomic E-state index is 13.4. The van der Waals surface area contributed by atoms with Gasteiger partial charge >= 0.3 is 6.09 Å². The van der Waals surface area contributed by atoms with Crippen LogP contribution in [0.3, 0.4) is 0 Å². The molecule has 2 heterocycles. The van der Waals surface area contributed by atoms with Gasteiger partial charge in [0.1, 0.15) is 11.5 Å². The Hall–Kier alpha value is -3.00. The van der Waals surface area contributed by atoms with E-state index in [1.165, 1.54) is 0 Å². The van der Waals surface area contributed by atoms with Crippen LogP contribution in [0.15, 0.2) is 35.1 Å². The number of hydrogen-bond donors (Lipinski definition) is 1. The second-order valence-electron chi connectivity index (χ2n) is 7.54. The summed E-state index contributed by atoms with van der Waals surface area (Å²) in [5.74, 6) is 0.655. The number of carbonyl (C=O) groups excluding carboxylic acids is 1. The molecule has 0 radical (unpaired) electrons. The monoisotopic (exact) mass is 429 g/mol. The second kappa shape index (κ2) is 9.87. The number of hydrogen-bond acceptors (Lipinski definition) is 6. The van der Waals surface area contributed by atoms with Gasteiger partial charge in [0, 0.05) is 38.4 Å². The van der Waals surface area contributed by atoms with Gasteiger partial charge in [-0.3, -0.25) is 9.69 Å². The van der Waals surface area contributed by atoms with E-state index in [-0.39, 0.29) is 17.4 Å². The average Bonchev–Trinajstić information content (AvgIpc) is 2.77. The molecule has 2 aromatic rings. The summed E-state index contributed by atoms with van der Waals surface area (Å²) in [6.07, 6.45) is -0.327. The fourth-order valence-corrected chi connectivity index (χ4v) is 4.17. The number of methoxy groups -OCH3 is 1. The van der Waals surface area contributed by atoms with Crippen LogP contribution in [-0.2, 0) is 11.3 Å². The summed E-state index contributed by atoms with van der Waals surface area (Å²) in [6.45, 7) is 8.40. The van der Waals surface area contributed by atoms with Crippen LogP contribution in [0.4, 0.5) is 4.79 Å². The number of aryl methyl sites for hydroxylation is 1. The zero-order valence-corrected chi connectivity index (χ0v) is 18.6.